The van der Waals surface area contributed by atoms with Crippen molar-refractivity contribution >= 4 is 22.5 Å². The summed E-state index contributed by atoms with van der Waals surface area (Å²) >= 11 is 5.97. The maximum atomic E-state index is 12.8. The number of nitrogens with zero attached hydrogens (tertiary/aromatic N) is 2. The van der Waals surface area contributed by atoms with Crippen LogP contribution in [-0.4, -0.2) is 9.13 Å². The Morgan fingerprint density at radius 3 is 2.46 bits per heavy atom. The van der Waals surface area contributed by atoms with E-state index in [2.05, 4.69) is 29.8 Å². The van der Waals surface area contributed by atoms with Gasteiger partial charge in [-0.1, -0.05) is 29.8 Å². The topological polar surface area (TPSA) is 26.9 Å². The molecule has 0 fully saturated rings. The maximum Gasteiger partial charge on any atom is 0.255 e. The van der Waals surface area contributed by atoms with E-state index in [0.29, 0.717) is 5.02 Å². The molecule has 2 heterocycles. The van der Waals surface area contributed by atoms with Crippen LogP contribution in [0.2, 0.25) is 5.02 Å². The van der Waals surface area contributed by atoms with Crippen molar-refractivity contribution in [2.75, 3.05) is 0 Å². The van der Waals surface area contributed by atoms with E-state index in [-0.39, 0.29) is 5.56 Å². The molecule has 2 aromatic heterocycles. The lowest BCUT2D eigenvalue weighted by Crippen LogP contribution is -2.16. The van der Waals surface area contributed by atoms with Gasteiger partial charge < -0.3 is 4.57 Å². The highest BCUT2D eigenvalue weighted by atomic mass is 35.5. The number of aryl methyl sites for hydroxylation is 2. The van der Waals surface area contributed by atoms with E-state index in [1.165, 1.54) is 35.0 Å². The second-order valence-electron chi connectivity index (χ2n) is 7.52. The minimum absolute atomic E-state index is 0.0363. The second-order valence-corrected chi connectivity index (χ2v) is 7.96. The van der Waals surface area contributed by atoms with Crippen molar-refractivity contribution in [3.63, 3.8) is 0 Å². The summed E-state index contributed by atoms with van der Waals surface area (Å²) < 4.78 is 4.02. The van der Waals surface area contributed by atoms with Crippen LogP contribution in [0.3, 0.4) is 0 Å². The van der Waals surface area contributed by atoms with Crippen molar-refractivity contribution in [3.05, 3.63) is 87.4 Å². The van der Waals surface area contributed by atoms with Gasteiger partial charge in [0.05, 0.1) is 11.2 Å². The first-order chi connectivity index (χ1) is 13.6. The summed E-state index contributed by atoms with van der Waals surface area (Å²) in [4.78, 5) is 12.8. The molecule has 0 radical (unpaired) electrons. The molecule has 140 valence electrons. The van der Waals surface area contributed by atoms with Crippen molar-refractivity contribution < 1.29 is 0 Å². The highest BCUT2D eigenvalue weighted by Gasteiger charge is 2.18. The van der Waals surface area contributed by atoms with Crippen LogP contribution in [0.4, 0.5) is 0 Å². The van der Waals surface area contributed by atoms with Gasteiger partial charge in [-0.15, -0.1) is 0 Å². The Hall–Kier alpha value is -2.78. The van der Waals surface area contributed by atoms with E-state index in [9.17, 15) is 4.79 Å². The van der Waals surface area contributed by atoms with Crippen LogP contribution in [0.5, 0.6) is 0 Å². The normalized spacial score (nSPS) is 13.6. The first-order valence-electron chi connectivity index (χ1n) is 9.71. The monoisotopic (exact) mass is 388 g/mol. The molecule has 5 rings (SSSR count). The molecule has 0 unspecified atom stereocenters. The molecule has 4 aromatic rings. The predicted molar refractivity (Wildman–Crippen MR) is 116 cm³/mol. The molecule has 0 amide bonds. The molecular weight excluding hydrogens is 368 g/mol. The predicted octanol–water partition coefficient (Wildman–Crippen LogP) is 5.53. The largest absolute Gasteiger partial charge is 0.347 e. The van der Waals surface area contributed by atoms with E-state index in [0.717, 1.165) is 29.7 Å². The lowest BCUT2D eigenvalue weighted by molar-refractivity contribution is 0.653. The average molecular weight is 389 g/mol. The van der Waals surface area contributed by atoms with Crippen LogP contribution in [-0.2, 0) is 19.9 Å². The third kappa shape index (κ3) is 2.78. The van der Waals surface area contributed by atoms with Crippen molar-refractivity contribution in [2.24, 2.45) is 7.05 Å². The van der Waals surface area contributed by atoms with Crippen molar-refractivity contribution in [1.29, 1.82) is 0 Å². The fourth-order valence-electron chi connectivity index (χ4n) is 4.41. The number of rotatable bonds is 2. The lowest BCUT2D eigenvalue weighted by atomic mass is 9.95. The van der Waals surface area contributed by atoms with Gasteiger partial charge in [-0.2, -0.15) is 0 Å². The van der Waals surface area contributed by atoms with Gasteiger partial charge in [-0.3, -0.25) is 9.36 Å². The Kier molecular flexibility index (Phi) is 4.13. The zero-order valence-corrected chi connectivity index (χ0v) is 16.5. The summed E-state index contributed by atoms with van der Waals surface area (Å²) in [6, 6.07) is 17.6. The highest BCUT2D eigenvalue weighted by molar-refractivity contribution is 6.30. The molecule has 3 nitrogen and oxygen atoms in total. The van der Waals surface area contributed by atoms with Gasteiger partial charge in [0, 0.05) is 35.4 Å². The van der Waals surface area contributed by atoms with E-state index in [4.69, 9.17) is 11.6 Å². The number of halogens is 1. The Bertz CT molecular complexity index is 1250. The molecular formula is C24H21ClN2O. The molecule has 0 N–H and O–H groups in total. The summed E-state index contributed by atoms with van der Waals surface area (Å²) in [5.41, 5.74) is 6.89. The summed E-state index contributed by atoms with van der Waals surface area (Å²) in [6.45, 7) is 0. The van der Waals surface area contributed by atoms with Gasteiger partial charge in [0.2, 0.25) is 0 Å². The number of fused-ring (bicyclic) bond motifs is 3. The van der Waals surface area contributed by atoms with E-state index in [1.807, 2.05) is 36.5 Å². The average Bonchev–Trinajstić information content (AvgIpc) is 3.01. The Morgan fingerprint density at radius 1 is 0.893 bits per heavy atom. The third-order valence-corrected chi connectivity index (χ3v) is 6.14. The quantitative estimate of drug-likeness (QED) is 0.443. The number of pyridine rings is 1. The van der Waals surface area contributed by atoms with E-state index >= 15 is 0 Å². The Morgan fingerprint density at radius 2 is 1.68 bits per heavy atom. The van der Waals surface area contributed by atoms with Gasteiger partial charge in [-0.05, 0) is 72.7 Å². The highest BCUT2D eigenvalue weighted by Crippen LogP contribution is 2.32. The van der Waals surface area contributed by atoms with Crippen LogP contribution in [0, 0.1) is 0 Å². The molecule has 0 aliphatic heterocycles. The molecule has 2 aromatic carbocycles. The SMILES string of the molecule is Cn1c2c(c3ccc(-n4ccc(-c5ccc(Cl)cc5)cc4=O)cc31)CCCC2. The molecule has 0 atom stereocenters. The summed E-state index contributed by atoms with van der Waals surface area (Å²) in [6.07, 6.45) is 6.68. The standard InChI is InChI=1S/C24H21ClN2O/c1-26-22-5-3-2-4-20(22)21-11-10-19(15-23(21)26)27-13-12-17(14-24(27)28)16-6-8-18(25)9-7-16/h6-15H,2-5H2,1H3. The molecule has 4 heteroatoms. The van der Waals surface area contributed by atoms with Gasteiger partial charge in [0.15, 0.2) is 0 Å². The van der Waals surface area contributed by atoms with Crippen LogP contribution in [0.1, 0.15) is 24.1 Å². The molecule has 0 spiro atoms. The van der Waals surface area contributed by atoms with Gasteiger partial charge in [0.25, 0.3) is 5.56 Å². The number of aromatic nitrogens is 2. The lowest BCUT2D eigenvalue weighted by Gasteiger charge is -2.12. The van der Waals surface area contributed by atoms with Gasteiger partial charge in [-0.25, -0.2) is 0 Å². The molecule has 28 heavy (non-hydrogen) atoms. The Labute approximate surface area is 168 Å². The fraction of sp³-hybridized carbons (Fsp3) is 0.208. The van der Waals surface area contributed by atoms with Crippen molar-refractivity contribution in [2.45, 2.75) is 25.7 Å². The maximum absolute atomic E-state index is 12.8. The first kappa shape index (κ1) is 17.3. The summed E-state index contributed by atoms with van der Waals surface area (Å²) in [7, 11) is 2.14. The minimum Gasteiger partial charge on any atom is -0.347 e. The third-order valence-electron chi connectivity index (χ3n) is 5.89. The first-order valence-corrected chi connectivity index (χ1v) is 10.1. The summed E-state index contributed by atoms with van der Waals surface area (Å²) in [5, 5.41) is 2.02. The smallest absolute Gasteiger partial charge is 0.255 e. The van der Waals surface area contributed by atoms with Crippen LogP contribution in [0.25, 0.3) is 27.7 Å². The van der Waals surface area contributed by atoms with E-state index in [1.54, 1.807) is 10.6 Å². The second kappa shape index (κ2) is 6.68. The zero-order chi connectivity index (χ0) is 19.3. The van der Waals surface area contributed by atoms with Gasteiger partial charge >= 0.3 is 0 Å². The number of hydrogen-bond donors (Lipinski definition) is 0. The molecule has 0 bridgehead atoms. The molecule has 1 aliphatic rings. The van der Waals surface area contributed by atoms with Gasteiger partial charge in [0.1, 0.15) is 0 Å². The fourth-order valence-corrected chi connectivity index (χ4v) is 4.54. The van der Waals surface area contributed by atoms with Crippen molar-refractivity contribution in [3.8, 4) is 16.8 Å². The number of benzene rings is 2. The van der Waals surface area contributed by atoms with Crippen LogP contribution < -0.4 is 5.56 Å². The van der Waals surface area contributed by atoms with Crippen molar-refractivity contribution in [1.82, 2.24) is 9.13 Å². The van der Waals surface area contributed by atoms with E-state index < -0.39 is 0 Å². The molecule has 0 saturated heterocycles. The molecule has 1 aliphatic carbocycles. The Balaban J connectivity index is 1.59. The number of hydrogen-bond acceptors (Lipinski definition) is 1. The van der Waals surface area contributed by atoms with Crippen LogP contribution in [0.15, 0.2) is 65.6 Å². The zero-order valence-electron chi connectivity index (χ0n) is 15.8. The van der Waals surface area contributed by atoms with Crippen LogP contribution >= 0.6 is 11.6 Å². The minimum atomic E-state index is -0.0363. The summed E-state index contributed by atoms with van der Waals surface area (Å²) in [5.74, 6) is 0. The molecule has 0 saturated carbocycles.